The fourth-order valence-corrected chi connectivity index (χ4v) is 1.65. The van der Waals surface area contributed by atoms with Gasteiger partial charge in [-0.05, 0) is 31.8 Å². The molecule has 0 aliphatic rings. The highest BCUT2D eigenvalue weighted by Gasteiger charge is 2.09. The van der Waals surface area contributed by atoms with E-state index in [0.29, 0.717) is 17.1 Å². The van der Waals surface area contributed by atoms with Crippen LogP contribution in [0.3, 0.4) is 0 Å². The van der Waals surface area contributed by atoms with Gasteiger partial charge in [0.05, 0.1) is 5.56 Å². The fraction of sp³-hybridized carbons (Fsp3) is 0.385. The third kappa shape index (κ3) is 3.23. The molecule has 2 aromatic rings. The highest BCUT2D eigenvalue weighted by atomic mass is 16.4. The molecule has 0 unspecified atom stereocenters. The number of anilines is 1. The number of carbonyl (C=O) groups is 1. The third-order valence-corrected chi connectivity index (χ3v) is 2.94. The van der Waals surface area contributed by atoms with Crippen LogP contribution >= 0.6 is 0 Å². The normalized spacial score (nSPS) is 11.1. The van der Waals surface area contributed by atoms with E-state index < -0.39 is 5.97 Å². The minimum atomic E-state index is -0.975. The molecule has 0 atom stereocenters. The maximum absolute atomic E-state index is 10.8. The van der Waals surface area contributed by atoms with E-state index in [4.69, 9.17) is 9.52 Å². The standard InChI is InChI=1S/C13H17N3O3/c1-3-16(2)7-6-14-13-15-10-5-4-9(12(17)18)8-11(10)19-13/h4-5,8H,3,6-7H2,1-2H3,(H,14,15)(H,17,18). The van der Waals surface area contributed by atoms with E-state index in [2.05, 4.69) is 22.1 Å². The largest absolute Gasteiger partial charge is 0.478 e. The van der Waals surface area contributed by atoms with Gasteiger partial charge in [0.25, 0.3) is 6.01 Å². The van der Waals surface area contributed by atoms with Crippen LogP contribution in [0.1, 0.15) is 17.3 Å². The van der Waals surface area contributed by atoms with Gasteiger partial charge < -0.3 is 19.7 Å². The molecule has 6 heteroatoms. The van der Waals surface area contributed by atoms with E-state index in [1.165, 1.54) is 12.1 Å². The van der Waals surface area contributed by atoms with Crippen LogP contribution in [0.5, 0.6) is 0 Å². The van der Waals surface area contributed by atoms with Gasteiger partial charge in [0, 0.05) is 13.1 Å². The van der Waals surface area contributed by atoms with Gasteiger partial charge in [-0.15, -0.1) is 0 Å². The summed E-state index contributed by atoms with van der Waals surface area (Å²) in [7, 11) is 2.03. The van der Waals surface area contributed by atoms with E-state index >= 15 is 0 Å². The van der Waals surface area contributed by atoms with Crippen molar-refractivity contribution >= 4 is 23.1 Å². The Morgan fingerprint density at radius 3 is 3.00 bits per heavy atom. The SMILES string of the molecule is CCN(C)CCNc1nc2ccc(C(=O)O)cc2o1. The number of carboxylic acids is 1. The van der Waals surface area contributed by atoms with Crippen molar-refractivity contribution in [3.8, 4) is 0 Å². The van der Waals surface area contributed by atoms with Crippen molar-refractivity contribution in [2.45, 2.75) is 6.92 Å². The topological polar surface area (TPSA) is 78.6 Å². The zero-order chi connectivity index (χ0) is 13.8. The predicted octanol–water partition coefficient (Wildman–Crippen LogP) is 1.89. The number of aromatic carboxylic acids is 1. The molecule has 1 heterocycles. The van der Waals surface area contributed by atoms with E-state index in [0.717, 1.165) is 19.6 Å². The summed E-state index contributed by atoms with van der Waals surface area (Å²) in [4.78, 5) is 17.3. The lowest BCUT2D eigenvalue weighted by Crippen LogP contribution is -2.24. The number of rotatable bonds is 6. The number of nitrogens with zero attached hydrogens (tertiary/aromatic N) is 2. The lowest BCUT2D eigenvalue weighted by molar-refractivity contribution is 0.0697. The Bertz CT molecular complexity index is 580. The van der Waals surface area contributed by atoms with Gasteiger partial charge in [0.1, 0.15) is 5.52 Å². The number of hydrogen-bond donors (Lipinski definition) is 2. The monoisotopic (exact) mass is 263 g/mol. The maximum atomic E-state index is 10.8. The second-order valence-electron chi connectivity index (χ2n) is 4.33. The summed E-state index contributed by atoms with van der Waals surface area (Å²) in [6.07, 6.45) is 0. The zero-order valence-corrected chi connectivity index (χ0v) is 11.0. The summed E-state index contributed by atoms with van der Waals surface area (Å²) in [5, 5.41) is 12.0. The summed E-state index contributed by atoms with van der Waals surface area (Å²) < 4.78 is 5.47. The van der Waals surface area contributed by atoms with Crippen LogP contribution in [0.25, 0.3) is 11.1 Å². The average Bonchev–Trinajstić information content (AvgIpc) is 2.79. The summed E-state index contributed by atoms with van der Waals surface area (Å²) in [6, 6.07) is 5.06. The van der Waals surface area contributed by atoms with Crippen molar-refractivity contribution in [3.05, 3.63) is 23.8 Å². The van der Waals surface area contributed by atoms with Gasteiger partial charge in [0.2, 0.25) is 0 Å². The number of likely N-dealkylation sites (N-methyl/N-ethyl adjacent to an activating group) is 1. The minimum absolute atomic E-state index is 0.195. The van der Waals surface area contributed by atoms with Crippen LogP contribution in [0.2, 0.25) is 0 Å². The van der Waals surface area contributed by atoms with E-state index in [1.54, 1.807) is 6.07 Å². The molecule has 0 fully saturated rings. The molecule has 1 aromatic carbocycles. The molecule has 2 rings (SSSR count). The molecule has 102 valence electrons. The Kier molecular flexibility index (Phi) is 4.01. The Balaban J connectivity index is 2.07. The number of carboxylic acid groups (broad SMARTS) is 1. The van der Waals surface area contributed by atoms with Gasteiger partial charge in [-0.1, -0.05) is 6.92 Å². The maximum Gasteiger partial charge on any atom is 0.335 e. The Hall–Kier alpha value is -2.08. The van der Waals surface area contributed by atoms with Gasteiger partial charge in [-0.25, -0.2) is 4.79 Å². The molecule has 0 radical (unpaired) electrons. The Morgan fingerprint density at radius 1 is 1.53 bits per heavy atom. The van der Waals surface area contributed by atoms with E-state index in [-0.39, 0.29) is 5.56 Å². The van der Waals surface area contributed by atoms with Crippen LogP contribution in [0, 0.1) is 0 Å². The second-order valence-corrected chi connectivity index (χ2v) is 4.33. The van der Waals surface area contributed by atoms with Gasteiger partial charge in [0.15, 0.2) is 5.58 Å². The summed E-state index contributed by atoms with van der Waals surface area (Å²) in [5.74, 6) is -0.975. The highest BCUT2D eigenvalue weighted by Crippen LogP contribution is 2.20. The molecule has 0 bridgehead atoms. The first-order valence-electron chi connectivity index (χ1n) is 6.16. The first kappa shape index (κ1) is 13.4. The summed E-state index contributed by atoms with van der Waals surface area (Å²) in [6.45, 7) is 4.68. The molecule has 0 aliphatic carbocycles. The molecule has 1 aromatic heterocycles. The molecule has 19 heavy (non-hydrogen) atoms. The number of nitrogens with one attached hydrogen (secondary N) is 1. The molecular weight excluding hydrogens is 246 g/mol. The molecule has 2 N–H and O–H groups in total. The summed E-state index contributed by atoms with van der Waals surface area (Å²) >= 11 is 0. The molecule has 0 amide bonds. The average molecular weight is 263 g/mol. The van der Waals surface area contributed by atoms with Crippen LogP contribution in [0.4, 0.5) is 6.01 Å². The quantitative estimate of drug-likeness (QED) is 0.828. The Labute approximate surface area is 111 Å². The van der Waals surface area contributed by atoms with Crippen molar-refractivity contribution in [1.29, 1.82) is 0 Å². The number of aromatic nitrogens is 1. The molecule has 0 aliphatic heterocycles. The minimum Gasteiger partial charge on any atom is -0.478 e. The van der Waals surface area contributed by atoms with Crippen molar-refractivity contribution in [2.24, 2.45) is 0 Å². The molecule has 0 saturated carbocycles. The Morgan fingerprint density at radius 2 is 2.32 bits per heavy atom. The van der Waals surface area contributed by atoms with Crippen molar-refractivity contribution in [2.75, 3.05) is 32.0 Å². The van der Waals surface area contributed by atoms with Gasteiger partial charge in [-0.3, -0.25) is 0 Å². The van der Waals surface area contributed by atoms with Gasteiger partial charge >= 0.3 is 5.97 Å². The van der Waals surface area contributed by atoms with Crippen LogP contribution in [0.15, 0.2) is 22.6 Å². The number of fused-ring (bicyclic) bond motifs is 1. The van der Waals surface area contributed by atoms with Crippen LogP contribution in [-0.2, 0) is 0 Å². The highest BCUT2D eigenvalue weighted by molar-refractivity contribution is 5.92. The van der Waals surface area contributed by atoms with Crippen molar-refractivity contribution in [1.82, 2.24) is 9.88 Å². The third-order valence-electron chi connectivity index (χ3n) is 2.94. The first-order valence-corrected chi connectivity index (χ1v) is 6.16. The number of benzene rings is 1. The first-order chi connectivity index (χ1) is 9.10. The van der Waals surface area contributed by atoms with Crippen molar-refractivity contribution in [3.63, 3.8) is 0 Å². The van der Waals surface area contributed by atoms with E-state index in [9.17, 15) is 4.79 Å². The van der Waals surface area contributed by atoms with Crippen LogP contribution < -0.4 is 5.32 Å². The van der Waals surface area contributed by atoms with Gasteiger partial charge in [-0.2, -0.15) is 4.98 Å². The smallest absolute Gasteiger partial charge is 0.335 e. The van der Waals surface area contributed by atoms with Crippen LogP contribution in [-0.4, -0.2) is 47.6 Å². The fourth-order valence-electron chi connectivity index (χ4n) is 1.65. The lowest BCUT2D eigenvalue weighted by Gasteiger charge is -2.12. The van der Waals surface area contributed by atoms with Crippen molar-refractivity contribution < 1.29 is 14.3 Å². The lowest BCUT2D eigenvalue weighted by atomic mass is 10.2. The molecule has 0 spiro atoms. The summed E-state index contributed by atoms with van der Waals surface area (Å²) in [5.41, 5.74) is 1.32. The number of oxazole rings is 1. The predicted molar refractivity (Wildman–Crippen MR) is 72.6 cm³/mol. The second kappa shape index (κ2) is 5.71. The number of hydrogen-bond acceptors (Lipinski definition) is 5. The molecule has 6 nitrogen and oxygen atoms in total. The molecular formula is C13H17N3O3. The zero-order valence-electron chi connectivity index (χ0n) is 11.0. The van der Waals surface area contributed by atoms with E-state index in [1.807, 2.05) is 7.05 Å². The molecule has 0 saturated heterocycles.